The molecule has 0 bridgehead atoms. The summed E-state index contributed by atoms with van der Waals surface area (Å²) in [5.41, 5.74) is 3.39. The number of anilines is 1. The van der Waals surface area contributed by atoms with Crippen molar-refractivity contribution >= 4 is 5.69 Å². The van der Waals surface area contributed by atoms with Gasteiger partial charge in [0.05, 0.1) is 6.61 Å². The highest BCUT2D eigenvalue weighted by atomic mass is 16.7. The highest BCUT2D eigenvalue weighted by molar-refractivity contribution is 5.53. The number of fused-ring (bicyclic) bond motifs is 1. The van der Waals surface area contributed by atoms with Gasteiger partial charge in [0, 0.05) is 24.4 Å². The van der Waals surface area contributed by atoms with Crippen LogP contribution in [0.4, 0.5) is 5.69 Å². The van der Waals surface area contributed by atoms with Crippen LogP contribution in [0.5, 0.6) is 11.5 Å². The molecule has 0 fully saturated rings. The zero-order valence-electron chi connectivity index (χ0n) is 12.3. The molecule has 1 heterocycles. The van der Waals surface area contributed by atoms with Crippen LogP contribution in [0.25, 0.3) is 0 Å². The molecule has 4 heteroatoms. The number of hydrogen-bond donors (Lipinski definition) is 1. The lowest BCUT2D eigenvalue weighted by molar-refractivity contribution is 0.174. The number of methoxy groups -OCH3 is 1. The molecular weight excluding hydrogens is 266 g/mol. The second-order valence-corrected chi connectivity index (χ2v) is 5.07. The van der Waals surface area contributed by atoms with E-state index in [-0.39, 0.29) is 6.04 Å². The molecule has 1 N–H and O–H groups in total. The Balaban J connectivity index is 1.78. The van der Waals surface area contributed by atoms with Crippen molar-refractivity contribution in [2.45, 2.75) is 19.6 Å². The minimum atomic E-state index is 0.164. The normalized spacial score (nSPS) is 14.0. The van der Waals surface area contributed by atoms with Crippen LogP contribution >= 0.6 is 0 Å². The quantitative estimate of drug-likeness (QED) is 0.908. The van der Waals surface area contributed by atoms with E-state index in [2.05, 4.69) is 30.4 Å². The lowest BCUT2D eigenvalue weighted by atomic mass is 10.1. The van der Waals surface area contributed by atoms with Crippen LogP contribution in [-0.2, 0) is 11.3 Å². The van der Waals surface area contributed by atoms with Crippen molar-refractivity contribution in [2.75, 3.05) is 19.2 Å². The molecule has 4 nitrogen and oxygen atoms in total. The topological polar surface area (TPSA) is 39.7 Å². The Morgan fingerprint density at radius 3 is 2.81 bits per heavy atom. The summed E-state index contributed by atoms with van der Waals surface area (Å²) in [6.45, 7) is 3.02. The highest BCUT2D eigenvalue weighted by Gasteiger charge is 2.16. The van der Waals surface area contributed by atoms with Crippen molar-refractivity contribution in [1.82, 2.24) is 0 Å². The molecule has 2 aromatic carbocycles. The van der Waals surface area contributed by atoms with Gasteiger partial charge in [-0.1, -0.05) is 24.3 Å². The van der Waals surface area contributed by atoms with Gasteiger partial charge in [0.1, 0.15) is 0 Å². The van der Waals surface area contributed by atoms with Gasteiger partial charge in [0.25, 0.3) is 0 Å². The van der Waals surface area contributed by atoms with Crippen molar-refractivity contribution in [3.8, 4) is 11.5 Å². The second kappa shape index (κ2) is 6.06. The van der Waals surface area contributed by atoms with E-state index in [4.69, 9.17) is 14.2 Å². The minimum Gasteiger partial charge on any atom is -0.454 e. The van der Waals surface area contributed by atoms with E-state index >= 15 is 0 Å². The van der Waals surface area contributed by atoms with Crippen LogP contribution in [0.1, 0.15) is 24.1 Å². The number of benzene rings is 2. The summed E-state index contributed by atoms with van der Waals surface area (Å²) in [7, 11) is 1.71. The van der Waals surface area contributed by atoms with Crippen LogP contribution < -0.4 is 14.8 Å². The zero-order chi connectivity index (χ0) is 14.7. The molecule has 2 aromatic rings. The maximum Gasteiger partial charge on any atom is 0.231 e. The number of rotatable bonds is 5. The highest BCUT2D eigenvalue weighted by Crippen LogP contribution is 2.35. The van der Waals surface area contributed by atoms with Gasteiger partial charge < -0.3 is 19.5 Å². The fourth-order valence-electron chi connectivity index (χ4n) is 2.44. The lowest BCUT2D eigenvalue weighted by Gasteiger charge is -2.18. The second-order valence-electron chi connectivity index (χ2n) is 5.07. The summed E-state index contributed by atoms with van der Waals surface area (Å²) in [5.74, 6) is 1.62. The van der Waals surface area contributed by atoms with E-state index in [1.165, 1.54) is 0 Å². The molecule has 1 aliphatic heterocycles. The lowest BCUT2D eigenvalue weighted by Crippen LogP contribution is -2.08. The summed E-state index contributed by atoms with van der Waals surface area (Å²) in [4.78, 5) is 0. The Bertz CT molecular complexity index is 627. The van der Waals surface area contributed by atoms with Gasteiger partial charge in [0.2, 0.25) is 6.79 Å². The Labute approximate surface area is 124 Å². The Morgan fingerprint density at radius 2 is 1.95 bits per heavy atom. The molecule has 1 atom stereocenters. The van der Waals surface area contributed by atoms with Gasteiger partial charge in [0.15, 0.2) is 11.5 Å². The van der Waals surface area contributed by atoms with Crippen LogP contribution in [0.2, 0.25) is 0 Å². The van der Waals surface area contributed by atoms with E-state index in [0.29, 0.717) is 13.4 Å². The molecular formula is C17H19NO3. The zero-order valence-corrected chi connectivity index (χ0v) is 12.3. The van der Waals surface area contributed by atoms with Crippen molar-refractivity contribution in [3.05, 3.63) is 53.6 Å². The number of hydrogen-bond acceptors (Lipinski definition) is 4. The average molecular weight is 285 g/mol. The van der Waals surface area contributed by atoms with Crippen LogP contribution in [0.3, 0.4) is 0 Å². The Hall–Kier alpha value is -2.20. The fraction of sp³-hybridized carbons (Fsp3) is 0.294. The van der Waals surface area contributed by atoms with Crippen LogP contribution in [0, 0.1) is 0 Å². The van der Waals surface area contributed by atoms with Gasteiger partial charge in [-0.3, -0.25) is 0 Å². The summed E-state index contributed by atoms with van der Waals surface area (Å²) < 4.78 is 16.0. The predicted molar refractivity (Wildman–Crippen MR) is 81.8 cm³/mol. The molecule has 21 heavy (non-hydrogen) atoms. The predicted octanol–water partition coefficient (Wildman–Crippen LogP) is 3.73. The number of ether oxygens (including phenoxy) is 3. The fourth-order valence-corrected chi connectivity index (χ4v) is 2.44. The SMILES string of the molecule is COCc1ccccc1NC(C)c1ccc2c(c1)OCO2. The smallest absolute Gasteiger partial charge is 0.231 e. The molecule has 0 amide bonds. The third-order valence-corrected chi connectivity index (χ3v) is 3.59. The van der Waals surface area contributed by atoms with E-state index in [9.17, 15) is 0 Å². The van der Waals surface area contributed by atoms with Gasteiger partial charge in [-0.25, -0.2) is 0 Å². The standard InChI is InChI=1S/C17H19NO3/c1-12(13-7-8-16-17(9-13)21-11-20-16)18-15-6-4-3-5-14(15)10-19-2/h3-9,12,18H,10-11H2,1-2H3. The first-order valence-corrected chi connectivity index (χ1v) is 7.01. The number of nitrogens with one attached hydrogen (secondary N) is 1. The third kappa shape index (κ3) is 2.95. The van der Waals surface area contributed by atoms with Crippen molar-refractivity contribution < 1.29 is 14.2 Å². The summed E-state index contributed by atoms with van der Waals surface area (Å²) in [6.07, 6.45) is 0. The monoisotopic (exact) mass is 285 g/mol. The molecule has 1 aliphatic rings. The van der Waals surface area contributed by atoms with E-state index < -0.39 is 0 Å². The summed E-state index contributed by atoms with van der Waals surface area (Å²) >= 11 is 0. The molecule has 0 aromatic heterocycles. The van der Waals surface area contributed by atoms with Crippen molar-refractivity contribution in [2.24, 2.45) is 0 Å². The molecule has 3 rings (SSSR count). The first kappa shape index (κ1) is 13.8. The van der Waals surface area contributed by atoms with Gasteiger partial charge in [-0.15, -0.1) is 0 Å². The number of para-hydroxylation sites is 1. The maximum atomic E-state index is 5.43. The molecule has 110 valence electrons. The van der Waals surface area contributed by atoms with E-state index in [1.807, 2.05) is 24.3 Å². The van der Waals surface area contributed by atoms with Crippen molar-refractivity contribution in [1.29, 1.82) is 0 Å². The van der Waals surface area contributed by atoms with E-state index in [1.54, 1.807) is 7.11 Å². The molecule has 0 radical (unpaired) electrons. The van der Waals surface area contributed by atoms with Crippen molar-refractivity contribution in [3.63, 3.8) is 0 Å². The molecule has 0 saturated heterocycles. The molecule has 0 aliphatic carbocycles. The van der Waals surface area contributed by atoms with E-state index in [0.717, 1.165) is 28.3 Å². The molecule has 0 spiro atoms. The minimum absolute atomic E-state index is 0.164. The maximum absolute atomic E-state index is 5.43. The van der Waals surface area contributed by atoms with Crippen LogP contribution in [-0.4, -0.2) is 13.9 Å². The first-order valence-electron chi connectivity index (χ1n) is 7.01. The summed E-state index contributed by atoms with van der Waals surface area (Å²) in [5, 5.41) is 3.53. The van der Waals surface area contributed by atoms with Gasteiger partial charge in [-0.2, -0.15) is 0 Å². The Morgan fingerprint density at radius 1 is 1.14 bits per heavy atom. The molecule has 0 saturated carbocycles. The largest absolute Gasteiger partial charge is 0.454 e. The molecule has 1 unspecified atom stereocenters. The third-order valence-electron chi connectivity index (χ3n) is 3.59. The Kier molecular flexibility index (Phi) is 3.97. The van der Waals surface area contributed by atoms with Gasteiger partial charge in [-0.05, 0) is 30.7 Å². The summed E-state index contributed by atoms with van der Waals surface area (Å²) in [6, 6.07) is 14.4. The van der Waals surface area contributed by atoms with Gasteiger partial charge >= 0.3 is 0 Å². The average Bonchev–Trinajstić information content (AvgIpc) is 2.97. The first-order chi connectivity index (χ1) is 10.3. The van der Waals surface area contributed by atoms with Crippen LogP contribution in [0.15, 0.2) is 42.5 Å².